The first-order chi connectivity index (χ1) is 13.8. The van der Waals surface area contributed by atoms with E-state index >= 15 is 0 Å². The highest BCUT2D eigenvalue weighted by Crippen LogP contribution is 2.20. The van der Waals surface area contributed by atoms with Gasteiger partial charge in [0.25, 0.3) is 5.91 Å². The molecule has 0 saturated heterocycles. The largest absolute Gasteiger partial charge is 0.456 e. The fourth-order valence-corrected chi connectivity index (χ4v) is 2.43. The van der Waals surface area contributed by atoms with Crippen molar-refractivity contribution in [2.24, 2.45) is 0 Å². The Morgan fingerprint density at radius 2 is 1.45 bits per heavy atom. The van der Waals surface area contributed by atoms with Crippen LogP contribution in [0.3, 0.4) is 0 Å². The van der Waals surface area contributed by atoms with Crippen molar-refractivity contribution in [2.45, 2.75) is 19.8 Å². The Hall–Kier alpha value is -3.39. The number of anilines is 3. The molecule has 0 unspecified atom stereocenters. The molecule has 0 aliphatic rings. The van der Waals surface area contributed by atoms with E-state index < -0.39 is 18.5 Å². The summed E-state index contributed by atoms with van der Waals surface area (Å²) in [5, 5.41) is 8.14. The average Bonchev–Trinajstić information content (AvgIpc) is 2.68. The number of ether oxygens (including phenoxy) is 1. The van der Waals surface area contributed by atoms with Crippen molar-refractivity contribution < 1.29 is 23.9 Å². The number of carbonyl (C=O) groups excluding carboxylic acids is 4. The van der Waals surface area contributed by atoms with Gasteiger partial charge in [0.2, 0.25) is 11.8 Å². The maximum absolute atomic E-state index is 11.9. The van der Waals surface area contributed by atoms with Crippen molar-refractivity contribution in [3.63, 3.8) is 0 Å². The van der Waals surface area contributed by atoms with Crippen LogP contribution >= 0.6 is 11.6 Å². The first-order valence-corrected chi connectivity index (χ1v) is 9.09. The first kappa shape index (κ1) is 21.9. The highest BCUT2D eigenvalue weighted by Gasteiger charge is 2.12. The Morgan fingerprint density at radius 3 is 2.07 bits per heavy atom. The van der Waals surface area contributed by atoms with Gasteiger partial charge >= 0.3 is 5.97 Å². The van der Waals surface area contributed by atoms with E-state index in [0.717, 1.165) is 0 Å². The van der Waals surface area contributed by atoms with E-state index in [-0.39, 0.29) is 24.7 Å². The SMILES string of the molecule is CC(=O)Nc1ccc(NC(=O)CCC(=O)OCC(=O)Nc2ccccc2Cl)cc1. The van der Waals surface area contributed by atoms with Gasteiger partial charge in [-0.1, -0.05) is 23.7 Å². The van der Waals surface area contributed by atoms with Gasteiger partial charge in [-0.05, 0) is 36.4 Å². The zero-order chi connectivity index (χ0) is 21.2. The zero-order valence-electron chi connectivity index (χ0n) is 15.7. The highest BCUT2D eigenvalue weighted by molar-refractivity contribution is 6.33. The number of amides is 3. The summed E-state index contributed by atoms with van der Waals surface area (Å²) in [5.74, 6) is -1.78. The van der Waals surface area contributed by atoms with Crippen LogP contribution in [0.25, 0.3) is 0 Å². The van der Waals surface area contributed by atoms with E-state index in [1.807, 2.05) is 0 Å². The fraction of sp³-hybridized carbons (Fsp3) is 0.200. The van der Waals surface area contributed by atoms with Crippen molar-refractivity contribution in [3.05, 3.63) is 53.6 Å². The van der Waals surface area contributed by atoms with Crippen molar-refractivity contribution in [2.75, 3.05) is 22.6 Å². The molecule has 0 radical (unpaired) electrons. The van der Waals surface area contributed by atoms with E-state index in [4.69, 9.17) is 16.3 Å². The zero-order valence-corrected chi connectivity index (χ0v) is 16.4. The summed E-state index contributed by atoms with van der Waals surface area (Å²) >= 11 is 5.93. The predicted molar refractivity (Wildman–Crippen MR) is 110 cm³/mol. The number of nitrogens with one attached hydrogen (secondary N) is 3. The summed E-state index contributed by atoms with van der Waals surface area (Å²) in [5.41, 5.74) is 1.55. The number of benzene rings is 2. The van der Waals surface area contributed by atoms with Crippen LogP contribution in [0.5, 0.6) is 0 Å². The lowest BCUT2D eigenvalue weighted by atomic mass is 10.2. The lowest BCUT2D eigenvalue weighted by Crippen LogP contribution is -2.22. The second-order valence-electron chi connectivity index (χ2n) is 6.00. The summed E-state index contributed by atoms with van der Waals surface area (Å²) in [6.45, 7) is 0.922. The van der Waals surface area contributed by atoms with Gasteiger partial charge in [0.15, 0.2) is 6.61 Å². The van der Waals surface area contributed by atoms with E-state index in [2.05, 4.69) is 16.0 Å². The molecule has 8 nitrogen and oxygen atoms in total. The molecule has 0 atom stereocenters. The average molecular weight is 418 g/mol. The third kappa shape index (κ3) is 8.02. The van der Waals surface area contributed by atoms with Gasteiger partial charge in [-0.15, -0.1) is 0 Å². The molecule has 0 heterocycles. The van der Waals surface area contributed by atoms with Crippen LogP contribution in [0.15, 0.2) is 48.5 Å². The molecule has 0 aromatic heterocycles. The summed E-state index contributed by atoms with van der Waals surface area (Å²) < 4.78 is 4.85. The van der Waals surface area contributed by atoms with E-state index in [1.54, 1.807) is 48.5 Å². The number of halogens is 1. The van der Waals surface area contributed by atoms with Gasteiger partial charge in [0.1, 0.15) is 0 Å². The Kier molecular flexibility index (Phi) is 8.17. The molecule has 0 fully saturated rings. The van der Waals surface area contributed by atoms with Crippen molar-refractivity contribution in [1.29, 1.82) is 0 Å². The summed E-state index contributed by atoms with van der Waals surface area (Å²) in [7, 11) is 0. The molecular weight excluding hydrogens is 398 g/mol. The Balaban J connectivity index is 1.69. The molecule has 0 aliphatic carbocycles. The van der Waals surface area contributed by atoms with E-state index in [9.17, 15) is 19.2 Å². The molecule has 9 heteroatoms. The maximum Gasteiger partial charge on any atom is 0.306 e. The Bertz CT molecular complexity index is 899. The Morgan fingerprint density at radius 1 is 0.828 bits per heavy atom. The number of carbonyl (C=O) groups is 4. The van der Waals surface area contributed by atoms with Crippen LogP contribution < -0.4 is 16.0 Å². The van der Waals surface area contributed by atoms with Crippen LogP contribution in [-0.2, 0) is 23.9 Å². The molecule has 2 aromatic rings. The number of hydrogen-bond acceptors (Lipinski definition) is 5. The van der Waals surface area contributed by atoms with Crippen LogP contribution in [0.4, 0.5) is 17.1 Å². The molecule has 2 rings (SSSR count). The van der Waals surface area contributed by atoms with Crippen LogP contribution in [0, 0.1) is 0 Å². The number of para-hydroxylation sites is 1. The summed E-state index contributed by atoms with van der Waals surface area (Å²) in [6, 6.07) is 13.2. The first-order valence-electron chi connectivity index (χ1n) is 8.71. The van der Waals surface area contributed by atoms with E-state index in [1.165, 1.54) is 6.92 Å². The smallest absolute Gasteiger partial charge is 0.306 e. The minimum absolute atomic E-state index is 0.0988. The lowest BCUT2D eigenvalue weighted by Gasteiger charge is -2.08. The number of esters is 1. The quantitative estimate of drug-likeness (QED) is 0.571. The van der Waals surface area contributed by atoms with Gasteiger partial charge < -0.3 is 20.7 Å². The normalized spacial score (nSPS) is 10.0. The standard InChI is InChI=1S/C20H20ClN3O5/c1-13(25)22-14-6-8-15(9-7-14)23-18(26)10-11-20(28)29-12-19(27)24-17-5-3-2-4-16(17)21/h2-9H,10-12H2,1H3,(H,22,25)(H,23,26)(H,24,27). The van der Waals surface area contributed by atoms with Gasteiger partial charge in [-0.2, -0.15) is 0 Å². The van der Waals surface area contributed by atoms with E-state index in [0.29, 0.717) is 22.1 Å². The molecule has 0 aliphatic heterocycles. The van der Waals surface area contributed by atoms with Gasteiger partial charge in [0, 0.05) is 24.7 Å². The lowest BCUT2D eigenvalue weighted by molar-refractivity contribution is -0.147. The van der Waals surface area contributed by atoms with Crippen LogP contribution in [0.1, 0.15) is 19.8 Å². The topological polar surface area (TPSA) is 114 Å². The monoisotopic (exact) mass is 417 g/mol. The molecule has 0 spiro atoms. The molecule has 29 heavy (non-hydrogen) atoms. The summed E-state index contributed by atoms with van der Waals surface area (Å²) in [4.78, 5) is 46.4. The minimum atomic E-state index is -0.671. The van der Waals surface area contributed by atoms with Crippen LogP contribution in [0.2, 0.25) is 5.02 Å². The molecule has 2 aromatic carbocycles. The number of rotatable bonds is 8. The summed E-state index contributed by atoms with van der Waals surface area (Å²) in [6.07, 6.45) is -0.270. The third-order valence-corrected chi connectivity index (χ3v) is 3.89. The minimum Gasteiger partial charge on any atom is -0.456 e. The maximum atomic E-state index is 11.9. The van der Waals surface area contributed by atoms with Crippen molar-refractivity contribution in [1.82, 2.24) is 0 Å². The fourth-order valence-electron chi connectivity index (χ4n) is 2.25. The Labute approximate surface area is 172 Å². The predicted octanol–water partition coefficient (Wildman–Crippen LogP) is 3.20. The van der Waals surface area contributed by atoms with Gasteiger partial charge in [0.05, 0.1) is 17.1 Å². The third-order valence-electron chi connectivity index (χ3n) is 3.56. The molecule has 3 N–H and O–H groups in total. The van der Waals surface area contributed by atoms with Crippen molar-refractivity contribution in [3.8, 4) is 0 Å². The molecule has 3 amide bonds. The molecule has 0 saturated carbocycles. The molecule has 0 bridgehead atoms. The second kappa shape index (κ2) is 10.8. The molecule has 152 valence electrons. The second-order valence-corrected chi connectivity index (χ2v) is 6.40. The van der Waals surface area contributed by atoms with Gasteiger partial charge in [-0.25, -0.2) is 0 Å². The van der Waals surface area contributed by atoms with Crippen LogP contribution in [-0.4, -0.2) is 30.3 Å². The van der Waals surface area contributed by atoms with Gasteiger partial charge in [-0.3, -0.25) is 19.2 Å². The number of hydrogen-bond donors (Lipinski definition) is 3. The molecular formula is C20H20ClN3O5. The highest BCUT2D eigenvalue weighted by atomic mass is 35.5. The van der Waals surface area contributed by atoms with Crippen molar-refractivity contribution >= 4 is 52.4 Å².